The van der Waals surface area contributed by atoms with Crippen molar-refractivity contribution >= 4 is 12.1 Å². The molecule has 1 aliphatic rings. The molecule has 0 saturated carbocycles. The maximum atomic E-state index is 11.9. The molecule has 2 atom stereocenters. The molecule has 6 nitrogen and oxygen atoms in total. The van der Waals surface area contributed by atoms with Gasteiger partial charge in [0.1, 0.15) is 12.6 Å². The summed E-state index contributed by atoms with van der Waals surface area (Å²) in [4.78, 5) is 24.1. The molecule has 1 saturated heterocycles. The van der Waals surface area contributed by atoms with Gasteiger partial charge in [0.25, 0.3) is 0 Å². The van der Waals surface area contributed by atoms with Gasteiger partial charge in [0.2, 0.25) is 0 Å². The average molecular weight is 274 g/mol. The molecule has 0 aliphatic carbocycles. The standard InChI is InChI=1S/C14H14N2O4/c15-7-11-6-12(13(17)18)16(8-11)14(19)20-9-10-4-2-1-3-5-10/h1-5,11-12H,6,8-9H2,(H,17,18)/t11-,12+/m1/s1. The zero-order valence-corrected chi connectivity index (χ0v) is 10.7. The summed E-state index contributed by atoms with van der Waals surface area (Å²) in [5, 5.41) is 17.9. The molecule has 2 rings (SSSR count). The van der Waals surface area contributed by atoms with Crippen molar-refractivity contribution in [3.8, 4) is 6.07 Å². The molecule has 0 spiro atoms. The zero-order chi connectivity index (χ0) is 14.5. The summed E-state index contributed by atoms with van der Waals surface area (Å²) < 4.78 is 5.10. The van der Waals surface area contributed by atoms with E-state index >= 15 is 0 Å². The average Bonchev–Trinajstić information content (AvgIpc) is 2.90. The van der Waals surface area contributed by atoms with E-state index in [4.69, 9.17) is 15.1 Å². The van der Waals surface area contributed by atoms with E-state index in [1.54, 1.807) is 0 Å². The lowest BCUT2D eigenvalue weighted by Gasteiger charge is -2.20. The first-order valence-electron chi connectivity index (χ1n) is 6.21. The van der Waals surface area contributed by atoms with Gasteiger partial charge in [0.15, 0.2) is 0 Å². The van der Waals surface area contributed by atoms with Gasteiger partial charge in [-0.05, 0) is 12.0 Å². The second-order valence-electron chi connectivity index (χ2n) is 4.61. The summed E-state index contributed by atoms with van der Waals surface area (Å²) in [5.74, 6) is -1.57. The highest BCUT2D eigenvalue weighted by Crippen LogP contribution is 2.24. The Morgan fingerprint density at radius 2 is 2.10 bits per heavy atom. The molecule has 1 aromatic rings. The van der Waals surface area contributed by atoms with Crippen molar-refractivity contribution in [1.29, 1.82) is 5.26 Å². The predicted molar refractivity (Wildman–Crippen MR) is 68.5 cm³/mol. The molecule has 20 heavy (non-hydrogen) atoms. The number of ether oxygens (including phenoxy) is 1. The maximum Gasteiger partial charge on any atom is 0.410 e. The minimum absolute atomic E-state index is 0.0831. The van der Waals surface area contributed by atoms with Crippen LogP contribution < -0.4 is 0 Å². The largest absolute Gasteiger partial charge is 0.480 e. The molecule has 0 unspecified atom stereocenters. The molecular formula is C14H14N2O4. The van der Waals surface area contributed by atoms with Gasteiger partial charge in [-0.1, -0.05) is 30.3 Å². The van der Waals surface area contributed by atoms with Crippen molar-refractivity contribution in [2.24, 2.45) is 5.92 Å². The molecule has 1 heterocycles. The fourth-order valence-electron chi connectivity index (χ4n) is 2.17. The highest BCUT2D eigenvalue weighted by atomic mass is 16.6. The first-order chi connectivity index (χ1) is 9.61. The number of carbonyl (C=O) groups excluding carboxylic acids is 1. The Hall–Kier alpha value is -2.55. The summed E-state index contributed by atoms with van der Waals surface area (Å²) >= 11 is 0. The highest BCUT2D eigenvalue weighted by molar-refractivity contribution is 5.81. The van der Waals surface area contributed by atoms with Crippen molar-refractivity contribution in [1.82, 2.24) is 4.90 Å². The van der Waals surface area contributed by atoms with Gasteiger partial charge in [0, 0.05) is 6.54 Å². The number of benzene rings is 1. The van der Waals surface area contributed by atoms with Crippen molar-refractivity contribution < 1.29 is 19.4 Å². The van der Waals surface area contributed by atoms with Crippen LogP contribution in [0.3, 0.4) is 0 Å². The molecule has 1 fully saturated rings. The Kier molecular flexibility index (Phi) is 4.20. The van der Waals surface area contributed by atoms with E-state index in [-0.39, 0.29) is 19.6 Å². The molecule has 0 bridgehead atoms. The molecule has 0 radical (unpaired) electrons. The molecule has 6 heteroatoms. The number of carboxylic acid groups (broad SMARTS) is 1. The predicted octanol–water partition coefficient (Wildman–Crippen LogP) is 1.62. The number of likely N-dealkylation sites (tertiary alicyclic amines) is 1. The smallest absolute Gasteiger partial charge is 0.410 e. The number of amides is 1. The topological polar surface area (TPSA) is 90.6 Å². The fraction of sp³-hybridized carbons (Fsp3) is 0.357. The van der Waals surface area contributed by atoms with Crippen molar-refractivity contribution in [3.05, 3.63) is 35.9 Å². The monoisotopic (exact) mass is 274 g/mol. The normalized spacial score (nSPS) is 21.2. The molecule has 0 aromatic heterocycles. The van der Waals surface area contributed by atoms with Crippen LogP contribution in [0.25, 0.3) is 0 Å². The molecule has 1 N–H and O–H groups in total. The van der Waals surface area contributed by atoms with Crippen LogP contribution in [-0.2, 0) is 16.1 Å². The number of rotatable bonds is 3. The van der Waals surface area contributed by atoms with Crippen molar-refractivity contribution in [2.75, 3.05) is 6.54 Å². The van der Waals surface area contributed by atoms with E-state index in [2.05, 4.69) is 0 Å². The van der Waals surface area contributed by atoms with Gasteiger partial charge in [-0.25, -0.2) is 9.59 Å². The van der Waals surface area contributed by atoms with Gasteiger partial charge >= 0.3 is 12.1 Å². The number of hydrogen-bond donors (Lipinski definition) is 1. The number of nitriles is 1. The van der Waals surface area contributed by atoms with Gasteiger partial charge in [-0.3, -0.25) is 4.90 Å². The number of carbonyl (C=O) groups is 2. The zero-order valence-electron chi connectivity index (χ0n) is 10.7. The second kappa shape index (κ2) is 6.06. The van der Waals surface area contributed by atoms with Crippen LogP contribution in [0.15, 0.2) is 30.3 Å². The van der Waals surface area contributed by atoms with Crippen molar-refractivity contribution in [3.63, 3.8) is 0 Å². The minimum atomic E-state index is -1.11. The fourth-order valence-corrected chi connectivity index (χ4v) is 2.17. The molecule has 104 valence electrons. The summed E-state index contributed by atoms with van der Waals surface area (Å²) in [7, 11) is 0. The SMILES string of the molecule is N#C[C@H]1C[C@@H](C(=O)O)N(C(=O)OCc2ccccc2)C1. The molecule has 1 amide bonds. The van der Waals surface area contributed by atoms with Gasteiger partial charge < -0.3 is 9.84 Å². The molecule has 1 aromatic carbocycles. The Morgan fingerprint density at radius 3 is 2.70 bits per heavy atom. The third kappa shape index (κ3) is 3.06. The van der Waals surface area contributed by atoms with Crippen LogP contribution in [0.2, 0.25) is 0 Å². The van der Waals surface area contributed by atoms with Crippen LogP contribution in [0, 0.1) is 17.2 Å². The lowest BCUT2D eigenvalue weighted by atomic mass is 10.1. The minimum Gasteiger partial charge on any atom is -0.480 e. The number of nitrogens with zero attached hydrogens (tertiary/aromatic N) is 2. The Morgan fingerprint density at radius 1 is 1.40 bits per heavy atom. The van der Waals surface area contributed by atoms with Crippen LogP contribution in [-0.4, -0.2) is 34.7 Å². The lowest BCUT2D eigenvalue weighted by Crippen LogP contribution is -2.40. The first-order valence-corrected chi connectivity index (χ1v) is 6.21. The number of carboxylic acids is 1. The third-order valence-electron chi connectivity index (χ3n) is 3.21. The first kappa shape index (κ1) is 13.9. The third-order valence-corrected chi connectivity index (χ3v) is 3.21. The summed E-state index contributed by atoms with van der Waals surface area (Å²) in [6.07, 6.45) is -0.550. The summed E-state index contributed by atoms with van der Waals surface area (Å²) in [6, 6.07) is 10.1. The maximum absolute atomic E-state index is 11.9. The van der Waals surface area contributed by atoms with Gasteiger partial charge in [0.05, 0.1) is 12.0 Å². The number of hydrogen-bond acceptors (Lipinski definition) is 4. The highest BCUT2D eigenvalue weighted by Gasteiger charge is 2.40. The van der Waals surface area contributed by atoms with E-state index in [0.29, 0.717) is 0 Å². The number of aliphatic carboxylic acids is 1. The van der Waals surface area contributed by atoms with Crippen LogP contribution in [0.4, 0.5) is 4.79 Å². The summed E-state index contributed by atoms with van der Waals surface area (Å²) in [6.45, 7) is 0.181. The Labute approximate surface area is 116 Å². The Bertz CT molecular complexity index is 538. The van der Waals surface area contributed by atoms with Crippen LogP contribution >= 0.6 is 0 Å². The summed E-state index contributed by atoms with van der Waals surface area (Å²) in [5.41, 5.74) is 0.823. The van der Waals surface area contributed by atoms with E-state index in [1.165, 1.54) is 0 Å². The lowest BCUT2D eigenvalue weighted by molar-refractivity contribution is -0.141. The van der Waals surface area contributed by atoms with Gasteiger partial charge in [-0.2, -0.15) is 5.26 Å². The quantitative estimate of drug-likeness (QED) is 0.904. The van der Waals surface area contributed by atoms with Crippen molar-refractivity contribution in [2.45, 2.75) is 19.1 Å². The van der Waals surface area contributed by atoms with Gasteiger partial charge in [-0.15, -0.1) is 0 Å². The Balaban J connectivity index is 1.97. The van der Waals surface area contributed by atoms with Crippen LogP contribution in [0.5, 0.6) is 0 Å². The molecule has 1 aliphatic heterocycles. The molecular weight excluding hydrogens is 260 g/mol. The van der Waals surface area contributed by atoms with Crippen LogP contribution in [0.1, 0.15) is 12.0 Å². The van der Waals surface area contributed by atoms with E-state index in [0.717, 1.165) is 10.5 Å². The van der Waals surface area contributed by atoms with E-state index in [9.17, 15) is 9.59 Å². The second-order valence-corrected chi connectivity index (χ2v) is 4.61. The van der Waals surface area contributed by atoms with E-state index < -0.39 is 24.0 Å². The van der Waals surface area contributed by atoms with E-state index in [1.807, 2.05) is 36.4 Å².